The summed E-state index contributed by atoms with van der Waals surface area (Å²) >= 11 is 6.18. The van der Waals surface area contributed by atoms with Gasteiger partial charge in [-0.15, -0.1) is 0 Å². The largest absolute Gasteiger partial charge is 0.481 e. The highest BCUT2D eigenvalue weighted by molar-refractivity contribution is 6.35. The number of nitrogens with one attached hydrogen (secondary N) is 1. The number of rotatable bonds is 7. The molecule has 0 aliphatic heterocycles. The highest BCUT2D eigenvalue weighted by Gasteiger charge is 2.12. The Morgan fingerprint density at radius 3 is 2.45 bits per heavy atom. The lowest BCUT2D eigenvalue weighted by Crippen LogP contribution is -2.06. The van der Waals surface area contributed by atoms with E-state index < -0.39 is 5.97 Å². The van der Waals surface area contributed by atoms with Gasteiger partial charge in [-0.05, 0) is 24.6 Å². The molecule has 0 unspecified atom stereocenters. The molecule has 0 atom stereocenters. The van der Waals surface area contributed by atoms with Gasteiger partial charge in [0.15, 0.2) is 5.78 Å². The number of benzene rings is 2. The van der Waals surface area contributed by atoms with Crippen LogP contribution in [0.3, 0.4) is 0 Å². The molecule has 0 bridgehead atoms. The third kappa shape index (κ3) is 4.33. The number of hydrogen-bond acceptors (Lipinski definition) is 3. The smallest absolute Gasteiger partial charge is 0.303 e. The van der Waals surface area contributed by atoms with Crippen LogP contribution < -0.4 is 5.32 Å². The molecule has 0 heterocycles. The maximum Gasteiger partial charge on any atom is 0.303 e. The first-order valence-corrected chi connectivity index (χ1v) is 7.30. The molecule has 0 saturated heterocycles. The Kier molecular flexibility index (Phi) is 5.55. The van der Waals surface area contributed by atoms with Gasteiger partial charge in [0.2, 0.25) is 0 Å². The van der Waals surface area contributed by atoms with Gasteiger partial charge < -0.3 is 10.4 Å². The van der Waals surface area contributed by atoms with Gasteiger partial charge in [0.05, 0.1) is 5.02 Å². The van der Waals surface area contributed by atoms with Crippen LogP contribution >= 0.6 is 11.6 Å². The van der Waals surface area contributed by atoms with Crippen molar-refractivity contribution in [3.63, 3.8) is 0 Å². The van der Waals surface area contributed by atoms with E-state index in [0.29, 0.717) is 29.1 Å². The normalized spacial score (nSPS) is 10.2. The molecule has 4 nitrogen and oxygen atoms in total. The van der Waals surface area contributed by atoms with Crippen LogP contribution in [0.25, 0.3) is 0 Å². The van der Waals surface area contributed by atoms with Crippen molar-refractivity contribution in [2.24, 2.45) is 0 Å². The number of hydrogen-bond donors (Lipinski definition) is 2. The van der Waals surface area contributed by atoms with Crippen molar-refractivity contribution in [1.29, 1.82) is 0 Å². The van der Waals surface area contributed by atoms with Crippen molar-refractivity contribution < 1.29 is 14.7 Å². The number of carbonyl (C=O) groups excluding carboxylic acids is 1. The Morgan fingerprint density at radius 2 is 1.82 bits per heavy atom. The summed E-state index contributed by atoms with van der Waals surface area (Å²) in [6, 6.07) is 14.1. The van der Waals surface area contributed by atoms with Crippen molar-refractivity contribution in [1.82, 2.24) is 0 Å². The molecule has 0 saturated carbocycles. The van der Waals surface area contributed by atoms with Gasteiger partial charge in [-0.25, -0.2) is 0 Å². The maximum absolute atomic E-state index is 12.3. The van der Waals surface area contributed by atoms with Crippen LogP contribution in [0.4, 0.5) is 5.69 Å². The van der Waals surface area contributed by atoms with E-state index in [1.165, 1.54) is 0 Å². The van der Waals surface area contributed by atoms with E-state index in [-0.39, 0.29) is 12.2 Å². The number of aliphatic carboxylic acids is 1. The summed E-state index contributed by atoms with van der Waals surface area (Å²) < 4.78 is 0. The zero-order valence-electron chi connectivity index (χ0n) is 11.9. The SMILES string of the molecule is O=C(O)CCCNc1ccc(C(=O)c2ccccc2)c(Cl)c1. The number of carboxylic acid groups (broad SMARTS) is 1. The van der Waals surface area contributed by atoms with E-state index in [9.17, 15) is 9.59 Å². The number of carbonyl (C=O) groups is 2. The van der Waals surface area contributed by atoms with Crippen LogP contribution in [0.1, 0.15) is 28.8 Å². The molecule has 0 aliphatic rings. The summed E-state index contributed by atoms with van der Waals surface area (Å²) in [6.07, 6.45) is 0.642. The molecule has 2 rings (SSSR count). The summed E-state index contributed by atoms with van der Waals surface area (Å²) in [6.45, 7) is 0.536. The standard InChI is InChI=1S/C17H16ClNO3/c18-15-11-13(19-10-4-7-16(20)21)8-9-14(15)17(22)12-5-2-1-3-6-12/h1-3,5-6,8-9,11,19H,4,7,10H2,(H,20,21). The Labute approximate surface area is 133 Å². The summed E-state index contributed by atoms with van der Waals surface area (Å²) in [5.74, 6) is -0.938. The van der Waals surface area contributed by atoms with Crippen LogP contribution in [0.5, 0.6) is 0 Å². The second-order valence-electron chi connectivity index (χ2n) is 4.81. The van der Waals surface area contributed by atoms with E-state index in [0.717, 1.165) is 5.69 Å². The van der Waals surface area contributed by atoms with Crippen LogP contribution in [-0.4, -0.2) is 23.4 Å². The van der Waals surface area contributed by atoms with Crippen molar-refractivity contribution in [3.8, 4) is 0 Å². The van der Waals surface area contributed by atoms with E-state index >= 15 is 0 Å². The zero-order valence-corrected chi connectivity index (χ0v) is 12.6. The number of ketones is 1. The molecule has 2 aromatic carbocycles. The summed E-state index contributed by atoms with van der Waals surface area (Å²) in [5, 5.41) is 12.0. The van der Waals surface area contributed by atoms with Gasteiger partial charge in [-0.2, -0.15) is 0 Å². The lowest BCUT2D eigenvalue weighted by molar-refractivity contribution is -0.137. The zero-order chi connectivity index (χ0) is 15.9. The Bertz CT molecular complexity index is 671. The van der Waals surface area contributed by atoms with Crippen molar-refractivity contribution in [2.45, 2.75) is 12.8 Å². The topological polar surface area (TPSA) is 66.4 Å². The molecule has 0 radical (unpaired) electrons. The molecule has 0 spiro atoms. The fourth-order valence-electron chi connectivity index (χ4n) is 2.03. The van der Waals surface area contributed by atoms with Crippen LogP contribution in [0.15, 0.2) is 48.5 Å². The lowest BCUT2D eigenvalue weighted by Gasteiger charge is -2.09. The van der Waals surface area contributed by atoms with E-state index in [2.05, 4.69) is 5.32 Å². The monoisotopic (exact) mass is 317 g/mol. The van der Waals surface area contributed by atoms with E-state index in [1.807, 2.05) is 6.07 Å². The minimum Gasteiger partial charge on any atom is -0.481 e. The van der Waals surface area contributed by atoms with Gasteiger partial charge in [0.1, 0.15) is 0 Å². The van der Waals surface area contributed by atoms with Gasteiger partial charge in [-0.3, -0.25) is 9.59 Å². The number of halogens is 1. The van der Waals surface area contributed by atoms with Crippen molar-refractivity contribution in [2.75, 3.05) is 11.9 Å². The molecule has 22 heavy (non-hydrogen) atoms. The highest BCUT2D eigenvalue weighted by atomic mass is 35.5. The quantitative estimate of drug-likeness (QED) is 0.601. The Hall–Kier alpha value is -2.33. The third-order valence-electron chi connectivity index (χ3n) is 3.15. The molecule has 5 heteroatoms. The fourth-order valence-corrected chi connectivity index (χ4v) is 2.29. The molecule has 0 fully saturated rings. The molecule has 2 aromatic rings. The molecule has 0 aromatic heterocycles. The van der Waals surface area contributed by atoms with E-state index in [4.69, 9.17) is 16.7 Å². The number of carboxylic acids is 1. The average Bonchev–Trinajstić information content (AvgIpc) is 2.52. The van der Waals surface area contributed by atoms with Crippen molar-refractivity contribution in [3.05, 3.63) is 64.7 Å². The predicted molar refractivity (Wildman–Crippen MR) is 86.7 cm³/mol. The maximum atomic E-state index is 12.3. The summed E-state index contributed by atoms with van der Waals surface area (Å²) in [7, 11) is 0. The summed E-state index contributed by atoms with van der Waals surface area (Å²) in [5.41, 5.74) is 1.80. The fraction of sp³-hybridized carbons (Fsp3) is 0.176. The van der Waals surface area contributed by atoms with Gasteiger partial charge in [0, 0.05) is 29.8 Å². The molecule has 0 amide bonds. The van der Waals surface area contributed by atoms with E-state index in [1.54, 1.807) is 42.5 Å². The second-order valence-corrected chi connectivity index (χ2v) is 5.22. The highest BCUT2D eigenvalue weighted by Crippen LogP contribution is 2.23. The lowest BCUT2D eigenvalue weighted by atomic mass is 10.0. The predicted octanol–water partition coefficient (Wildman–Crippen LogP) is 3.85. The van der Waals surface area contributed by atoms with Gasteiger partial charge in [0.25, 0.3) is 0 Å². The van der Waals surface area contributed by atoms with Crippen LogP contribution in [0, 0.1) is 0 Å². The van der Waals surface area contributed by atoms with Gasteiger partial charge >= 0.3 is 5.97 Å². The second kappa shape index (κ2) is 7.61. The average molecular weight is 318 g/mol. The minimum absolute atomic E-state index is 0.116. The first-order valence-electron chi connectivity index (χ1n) is 6.93. The summed E-state index contributed by atoms with van der Waals surface area (Å²) in [4.78, 5) is 22.8. The molecule has 114 valence electrons. The van der Waals surface area contributed by atoms with Gasteiger partial charge in [-0.1, -0.05) is 41.9 Å². The van der Waals surface area contributed by atoms with Crippen molar-refractivity contribution >= 4 is 29.0 Å². The molecular weight excluding hydrogens is 302 g/mol. The molecular formula is C17H16ClNO3. The van der Waals surface area contributed by atoms with Crippen LogP contribution in [0.2, 0.25) is 5.02 Å². The first-order chi connectivity index (χ1) is 10.6. The molecule has 0 aliphatic carbocycles. The Morgan fingerprint density at radius 1 is 1.09 bits per heavy atom. The Balaban J connectivity index is 2.03. The first kappa shape index (κ1) is 16.0. The van der Waals surface area contributed by atoms with Crippen LogP contribution in [-0.2, 0) is 4.79 Å². The molecule has 2 N–H and O–H groups in total. The minimum atomic E-state index is -0.816. The third-order valence-corrected chi connectivity index (χ3v) is 3.46. The number of anilines is 1.